The van der Waals surface area contributed by atoms with Crippen LogP contribution >= 0.6 is 11.6 Å². The van der Waals surface area contributed by atoms with Gasteiger partial charge in [0.2, 0.25) is 0 Å². The smallest absolute Gasteiger partial charge is 0.274 e. The van der Waals surface area contributed by atoms with Crippen LogP contribution in [-0.2, 0) is 0 Å². The van der Waals surface area contributed by atoms with Crippen LogP contribution in [0.15, 0.2) is 28.8 Å². The molecule has 0 atom stereocenters. The van der Waals surface area contributed by atoms with E-state index in [9.17, 15) is 4.79 Å². The van der Waals surface area contributed by atoms with Crippen molar-refractivity contribution in [2.45, 2.75) is 0 Å². The van der Waals surface area contributed by atoms with Gasteiger partial charge in [-0.1, -0.05) is 5.16 Å². The van der Waals surface area contributed by atoms with Crippen LogP contribution in [0.3, 0.4) is 0 Å². The van der Waals surface area contributed by atoms with Gasteiger partial charge in [-0.3, -0.25) is 4.79 Å². The lowest BCUT2D eigenvalue weighted by atomic mass is 10.1. The molecule has 0 spiro atoms. The van der Waals surface area contributed by atoms with Crippen molar-refractivity contribution >= 4 is 16.8 Å². The molecule has 5 nitrogen and oxygen atoms in total. The van der Waals surface area contributed by atoms with E-state index in [0.29, 0.717) is 22.8 Å². The Morgan fingerprint density at radius 1 is 1.28 bits per heavy atom. The first-order chi connectivity index (χ1) is 8.65. The first-order valence-electron chi connectivity index (χ1n) is 5.04. The van der Waals surface area contributed by atoms with E-state index < -0.39 is 5.24 Å². The van der Waals surface area contributed by atoms with Crippen LogP contribution in [0.2, 0.25) is 0 Å². The zero-order valence-electron chi connectivity index (χ0n) is 9.77. The number of nitrogens with zero attached hydrogens (tertiary/aromatic N) is 1. The third-order valence-electron chi connectivity index (χ3n) is 2.38. The van der Waals surface area contributed by atoms with E-state index in [1.54, 1.807) is 25.3 Å². The highest BCUT2D eigenvalue weighted by Crippen LogP contribution is 2.33. The van der Waals surface area contributed by atoms with E-state index >= 15 is 0 Å². The van der Waals surface area contributed by atoms with Gasteiger partial charge < -0.3 is 14.0 Å². The highest BCUT2D eigenvalue weighted by Gasteiger charge is 2.15. The molecule has 1 heterocycles. The topological polar surface area (TPSA) is 61.6 Å². The monoisotopic (exact) mass is 267 g/mol. The lowest BCUT2D eigenvalue weighted by molar-refractivity contribution is 0.107. The predicted octanol–water partition coefficient (Wildman–Crippen LogP) is 2.74. The fourth-order valence-electron chi connectivity index (χ4n) is 1.50. The summed E-state index contributed by atoms with van der Waals surface area (Å²) in [6.45, 7) is 0. The second kappa shape index (κ2) is 5.10. The Kier molecular flexibility index (Phi) is 3.53. The zero-order chi connectivity index (χ0) is 13.1. The van der Waals surface area contributed by atoms with Gasteiger partial charge in [-0.2, -0.15) is 0 Å². The van der Waals surface area contributed by atoms with Crippen LogP contribution in [0.25, 0.3) is 11.3 Å². The van der Waals surface area contributed by atoms with Gasteiger partial charge in [0.05, 0.1) is 19.8 Å². The number of methoxy groups -OCH3 is 2. The number of hydrogen-bond donors (Lipinski definition) is 0. The fourth-order valence-corrected chi connectivity index (χ4v) is 1.59. The summed E-state index contributed by atoms with van der Waals surface area (Å²) in [5.74, 6) is 1.61. The molecular formula is C12H10ClNO4. The molecule has 2 aromatic rings. The fraction of sp³-hybridized carbons (Fsp3) is 0.167. The van der Waals surface area contributed by atoms with E-state index in [1.807, 2.05) is 0 Å². The van der Waals surface area contributed by atoms with Crippen LogP contribution in [-0.4, -0.2) is 24.6 Å². The van der Waals surface area contributed by atoms with Crippen LogP contribution in [0.5, 0.6) is 11.5 Å². The molecule has 0 N–H and O–H groups in total. The van der Waals surface area contributed by atoms with E-state index in [0.717, 1.165) is 0 Å². The summed E-state index contributed by atoms with van der Waals surface area (Å²) in [5, 5.41) is 2.90. The SMILES string of the molecule is COc1ccc(OC)c(-c2cc(C(=O)Cl)no2)c1. The zero-order valence-corrected chi connectivity index (χ0v) is 10.5. The normalized spacial score (nSPS) is 10.2. The lowest BCUT2D eigenvalue weighted by Gasteiger charge is -2.07. The van der Waals surface area contributed by atoms with Gasteiger partial charge in [0.25, 0.3) is 5.24 Å². The number of aromatic nitrogens is 1. The quantitative estimate of drug-likeness (QED) is 0.797. The maximum Gasteiger partial charge on any atom is 0.274 e. The summed E-state index contributed by atoms with van der Waals surface area (Å²) < 4.78 is 15.4. The molecular weight excluding hydrogens is 258 g/mol. The van der Waals surface area contributed by atoms with Gasteiger partial charge in [-0.05, 0) is 29.8 Å². The highest BCUT2D eigenvalue weighted by molar-refractivity contribution is 6.67. The average molecular weight is 268 g/mol. The molecule has 0 aliphatic heterocycles. The van der Waals surface area contributed by atoms with Crippen LogP contribution < -0.4 is 9.47 Å². The number of halogens is 1. The maximum atomic E-state index is 11.0. The van der Waals surface area contributed by atoms with Crippen molar-refractivity contribution in [2.24, 2.45) is 0 Å². The first kappa shape index (κ1) is 12.4. The third kappa shape index (κ3) is 2.31. The Morgan fingerprint density at radius 3 is 2.61 bits per heavy atom. The highest BCUT2D eigenvalue weighted by atomic mass is 35.5. The van der Waals surface area contributed by atoms with E-state index in [4.69, 9.17) is 25.6 Å². The van der Waals surface area contributed by atoms with E-state index in [1.165, 1.54) is 13.2 Å². The Morgan fingerprint density at radius 2 is 2.06 bits per heavy atom. The summed E-state index contributed by atoms with van der Waals surface area (Å²) in [6.07, 6.45) is 0. The number of benzene rings is 1. The molecule has 0 radical (unpaired) electrons. The van der Waals surface area contributed by atoms with Crippen molar-refractivity contribution < 1.29 is 18.8 Å². The summed E-state index contributed by atoms with van der Waals surface area (Å²) in [7, 11) is 3.09. The standard InChI is InChI=1S/C12H10ClNO4/c1-16-7-3-4-10(17-2)8(5-7)11-6-9(12(13)15)14-18-11/h3-6H,1-2H3. The molecule has 0 aliphatic carbocycles. The van der Waals surface area contributed by atoms with Gasteiger partial charge in [0.1, 0.15) is 11.5 Å². The van der Waals surface area contributed by atoms with Crippen molar-refractivity contribution in [3.05, 3.63) is 30.0 Å². The molecule has 0 saturated heterocycles. The molecule has 1 aromatic heterocycles. The summed E-state index contributed by atoms with van der Waals surface area (Å²) in [6, 6.07) is 6.67. The number of carbonyl (C=O) groups excluding carboxylic acids is 1. The Labute approximate surface area is 108 Å². The van der Waals surface area contributed by atoms with Gasteiger partial charge >= 0.3 is 0 Å². The van der Waals surface area contributed by atoms with Crippen LogP contribution in [0.4, 0.5) is 0 Å². The molecule has 1 aromatic carbocycles. The molecule has 94 valence electrons. The predicted molar refractivity (Wildman–Crippen MR) is 65.2 cm³/mol. The second-order valence-electron chi connectivity index (χ2n) is 3.42. The Bertz CT molecular complexity index is 579. The third-order valence-corrected chi connectivity index (χ3v) is 2.58. The van der Waals surface area contributed by atoms with Gasteiger partial charge in [-0.15, -0.1) is 0 Å². The molecule has 0 amide bonds. The number of hydrogen-bond acceptors (Lipinski definition) is 5. The number of carbonyl (C=O) groups is 1. The van der Waals surface area contributed by atoms with Crippen molar-refractivity contribution in [2.75, 3.05) is 14.2 Å². The second-order valence-corrected chi connectivity index (χ2v) is 3.76. The lowest BCUT2D eigenvalue weighted by Crippen LogP contribution is -1.89. The molecule has 6 heteroatoms. The van der Waals surface area contributed by atoms with Crippen molar-refractivity contribution in [1.82, 2.24) is 5.16 Å². The molecule has 0 unspecified atom stereocenters. The molecule has 0 bridgehead atoms. The minimum atomic E-state index is -0.674. The summed E-state index contributed by atoms with van der Waals surface area (Å²) in [5.41, 5.74) is 0.685. The molecule has 0 fully saturated rings. The van der Waals surface area contributed by atoms with Gasteiger partial charge in [0.15, 0.2) is 11.5 Å². The van der Waals surface area contributed by atoms with Gasteiger partial charge in [-0.25, -0.2) is 0 Å². The van der Waals surface area contributed by atoms with Gasteiger partial charge in [0, 0.05) is 6.07 Å². The first-order valence-corrected chi connectivity index (χ1v) is 5.42. The van der Waals surface area contributed by atoms with Crippen LogP contribution in [0, 0.1) is 0 Å². The molecule has 18 heavy (non-hydrogen) atoms. The Hall–Kier alpha value is -2.01. The van der Waals surface area contributed by atoms with Crippen molar-refractivity contribution in [3.63, 3.8) is 0 Å². The molecule has 0 aliphatic rings. The summed E-state index contributed by atoms with van der Waals surface area (Å²) in [4.78, 5) is 11.0. The number of rotatable bonds is 4. The van der Waals surface area contributed by atoms with Crippen molar-refractivity contribution in [3.8, 4) is 22.8 Å². The molecule has 2 rings (SSSR count). The van der Waals surface area contributed by atoms with Crippen LogP contribution in [0.1, 0.15) is 10.5 Å². The Balaban J connectivity index is 2.50. The number of ether oxygens (including phenoxy) is 2. The van der Waals surface area contributed by atoms with E-state index in [2.05, 4.69) is 5.16 Å². The minimum Gasteiger partial charge on any atom is -0.497 e. The average Bonchev–Trinajstić information content (AvgIpc) is 2.87. The maximum absolute atomic E-state index is 11.0. The summed E-state index contributed by atoms with van der Waals surface area (Å²) >= 11 is 5.32. The van der Waals surface area contributed by atoms with E-state index in [-0.39, 0.29) is 5.69 Å². The largest absolute Gasteiger partial charge is 0.497 e. The minimum absolute atomic E-state index is 0.0524. The molecule has 0 saturated carbocycles. The van der Waals surface area contributed by atoms with Crippen molar-refractivity contribution in [1.29, 1.82) is 0 Å².